The van der Waals surface area contributed by atoms with Crippen LogP contribution in [0.4, 0.5) is 0 Å². The smallest absolute Gasteiger partial charge is 0.328 e. The first-order valence-corrected chi connectivity index (χ1v) is 16.3. The number of phenols is 3. The van der Waals surface area contributed by atoms with Gasteiger partial charge in [-0.05, 0) is 56.6 Å². The Morgan fingerprint density at radius 3 is 2.13 bits per heavy atom. The number of carbonyl (C=O) groups excluding carboxylic acids is 4. The molecule has 0 radical (unpaired) electrons. The maximum Gasteiger partial charge on any atom is 0.328 e. The van der Waals surface area contributed by atoms with Gasteiger partial charge in [-0.25, -0.2) is 4.79 Å². The third-order valence-electron chi connectivity index (χ3n) is 9.89. The van der Waals surface area contributed by atoms with Crippen LogP contribution in [0.3, 0.4) is 0 Å². The van der Waals surface area contributed by atoms with Crippen molar-refractivity contribution in [2.75, 3.05) is 21.3 Å². The molecule has 2 unspecified atom stereocenters. The Bertz CT molecular complexity index is 2030. The molecule has 1 amide bonds. The second-order valence-corrected chi connectivity index (χ2v) is 12.9. The second-order valence-electron chi connectivity index (χ2n) is 12.9. The fourth-order valence-corrected chi connectivity index (χ4v) is 7.28. The van der Waals surface area contributed by atoms with Gasteiger partial charge in [-0.15, -0.1) is 0 Å². The number of nitrogens with one attached hydrogen (secondary N) is 2. The normalized spacial score (nSPS) is 25.3. The SMILES string of the molecule is CN[C@@H]1[C@H](O)[C@@H](O)[C@H](OC2c3cc(C)c(C(=O)N[C@H](C)C(=O)OC)c(O)c3-c3c(cc4c(c3O)C(=O)c3cc(OC)cc(O)c3C4=O)C2O)O[C@@H]1C. The summed E-state index contributed by atoms with van der Waals surface area (Å²) >= 11 is 0. The molecule has 1 fully saturated rings. The van der Waals surface area contributed by atoms with E-state index >= 15 is 0 Å². The van der Waals surface area contributed by atoms with Crippen LogP contribution in [0.25, 0.3) is 11.1 Å². The molecule has 2 aliphatic carbocycles. The van der Waals surface area contributed by atoms with Gasteiger partial charge < -0.3 is 60.2 Å². The van der Waals surface area contributed by atoms with Crippen molar-refractivity contribution < 1.29 is 68.8 Å². The zero-order valence-corrected chi connectivity index (χ0v) is 28.9. The fourth-order valence-electron chi connectivity index (χ4n) is 7.28. The maximum absolute atomic E-state index is 14.0. The first kappa shape index (κ1) is 36.7. The number of methoxy groups -OCH3 is 2. The molecule has 3 aromatic carbocycles. The monoisotopic (exact) mass is 722 g/mol. The van der Waals surface area contributed by atoms with Crippen molar-refractivity contribution >= 4 is 23.4 Å². The largest absolute Gasteiger partial charge is 0.507 e. The van der Waals surface area contributed by atoms with Gasteiger partial charge in [0.2, 0.25) is 0 Å². The van der Waals surface area contributed by atoms with Gasteiger partial charge in [0.15, 0.2) is 17.9 Å². The number of benzene rings is 3. The Kier molecular flexibility index (Phi) is 9.50. The number of carbonyl (C=O) groups is 4. The molecule has 1 aliphatic heterocycles. The minimum Gasteiger partial charge on any atom is -0.507 e. The van der Waals surface area contributed by atoms with Crippen LogP contribution in [0.15, 0.2) is 24.3 Å². The number of aromatic hydroxyl groups is 3. The minimum absolute atomic E-state index is 0.0224. The number of ketones is 2. The van der Waals surface area contributed by atoms with E-state index in [4.69, 9.17) is 14.2 Å². The topological polar surface area (TPSA) is 251 Å². The van der Waals surface area contributed by atoms with Crippen LogP contribution in [0.2, 0.25) is 0 Å². The number of aliphatic hydroxyl groups is 3. The molecule has 52 heavy (non-hydrogen) atoms. The molecule has 6 rings (SSSR count). The maximum atomic E-state index is 14.0. The third kappa shape index (κ3) is 5.55. The van der Waals surface area contributed by atoms with Crippen LogP contribution in [0.1, 0.15) is 84.9 Å². The van der Waals surface area contributed by atoms with E-state index in [1.807, 2.05) is 0 Å². The summed E-state index contributed by atoms with van der Waals surface area (Å²) in [5, 5.41) is 73.6. The highest BCUT2D eigenvalue weighted by Crippen LogP contribution is 2.57. The van der Waals surface area contributed by atoms with Crippen LogP contribution in [0.5, 0.6) is 23.0 Å². The minimum atomic E-state index is -1.78. The number of likely N-dealkylation sites (N-methyl/N-ethyl adjacent to an activating group) is 1. The molecule has 1 heterocycles. The number of fused-ring (bicyclic) bond motifs is 5. The van der Waals surface area contributed by atoms with Crippen molar-refractivity contribution in [3.63, 3.8) is 0 Å². The number of hydrogen-bond acceptors (Lipinski definition) is 15. The fraction of sp³-hybridized carbons (Fsp3) is 0.389. The number of esters is 1. The zero-order chi connectivity index (χ0) is 38.1. The quantitative estimate of drug-likeness (QED) is 0.124. The van der Waals surface area contributed by atoms with Crippen molar-refractivity contribution in [3.8, 4) is 34.1 Å². The molecule has 16 nitrogen and oxygen atoms in total. The number of aryl methyl sites for hydroxylation is 1. The average Bonchev–Trinajstić information content (AvgIpc) is 3.10. The van der Waals surface area contributed by atoms with E-state index < -0.39 is 95.1 Å². The van der Waals surface area contributed by atoms with E-state index in [1.54, 1.807) is 14.0 Å². The molecule has 0 spiro atoms. The number of ether oxygens (including phenoxy) is 4. The van der Waals surface area contributed by atoms with Gasteiger partial charge in [-0.3, -0.25) is 14.4 Å². The number of aliphatic hydroxyl groups excluding tert-OH is 3. The first-order valence-electron chi connectivity index (χ1n) is 16.3. The summed E-state index contributed by atoms with van der Waals surface area (Å²) in [6.45, 7) is 4.44. The Hall–Kier alpha value is -5.10. The molecule has 3 aliphatic rings. The van der Waals surface area contributed by atoms with Gasteiger partial charge in [0, 0.05) is 28.3 Å². The summed E-state index contributed by atoms with van der Waals surface area (Å²) in [5.41, 5.74) is -2.60. The summed E-state index contributed by atoms with van der Waals surface area (Å²) in [6.07, 6.45) is -8.60. The van der Waals surface area contributed by atoms with Crippen molar-refractivity contribution in [3.05, 3.63) is 68.8 Å². The number of rotatable bonds is 7. The second kappa shape index (κ2) is 13.5. The third-order valence-corrected chi connectivity index (χ3v) is 9.89. The Labute approximate surface area is 296 Å². The van der Waals surface area contributed by atoms with Gasteiger partial charge in [-0.2, -0.15) is 0 Å². The van der Waals surface area contributed by atoms with Crippen molar-refractivity contribution in [1.29, 1.82) is 0 Å². The molecule has 8 atom stereocenters. The van der Waals surface area contributed by atoms with E-state index in [-0.39, 0.29) is 55.8 Å². The molecule has 0 aromatic heterocycles. The summed E-state index contributed by atoms with van der Waals surface area (Å²) in [6, 6.07) is 3.02. The number of hydrogen-bond donors (Lipinski definition) is 8. The zero-order valence-electron chi connectivity index (χ0n) is 28.9. The van der Waals surface area contributed by atoms with Crippen LogP contribution in [0, 0.1) is 6.92 Å². The van der Waals surface area contributed by atoms with Gasteiger partial charge in [0.05, 0.1) is 43.1 Å². The first-order chi connectivity index (χ1) is 24.6. The van der Waals surface area contributed by atoms with E-state index in [2.05, 4.69) is 15.4 Å². The highest BCUT2D eigenvalue weighted by Gasteiger charge is 2.48. The Balaban J connectivity index is 1.58. The van der Waals surface area contributed by atoms with E-state index in [0.717, 1.165) is 19.2 Å². The lowest BCUT2D eigenvalue weighted by Crippen LogP contribution is -2.61. The van der Waals surface area contributed by atoms with Gasteiger partial charge in [0.1, 0.15) is 53.5 Å². The molecule has 1 saturated heterocycles. The molecule has 0 bridgehead atoms. The summed E-state index contributed by atoms with van der Waals surface area (Å²) in [4.78, 5) is 53.5. The van der Waals surface area contributed by atoms with E-state index in [1.165, 1.54) is 33.1 Å². The number of amides is 1. The molecule has 0 saturated carbocycles. The summed E-state index contributed by atoms with van der Waals surface area (Å²) in [5.74, 6) is -5.54. The van der Waals surface area contributed by atoms with Crippen molar-refractivity contribution in [1.82, 2.24) is 10.6 Å². The average molecular weight is 723 g/mol. The molecular weight excluding hydrogens is 684 g/mol. The number of phenolic OH excluding ortho intramolecular Hbond substituents is 3. The highest BCUT2D eigenvalue weighted by molar-refractivity contribution is 6.31. The van der Waals surface area contributed by atoms with E-state index in [9.17, 15) is 49.8 Å². The molecule has 3 aromatic rings. The van der Waals surface area contributed by atoms with Gasteiger partial charge >= 0.3 is 5.97 Å². The predicted octanol–water partition coefficient (Wildman–Crippen LogP) is 1.01. The summed E-state index contributed by atoms with van der Waals surface area (Å²) < 4.78 is 21.9. The van der Waals surface area contributed by atoms with Gasteiger partial charge in [0.25, 0.3) is 5.91 Å². The highest BCUT2D eigenvalue weighted by atomic mass is 16.7. The van der Waals surface area contributed by atoms with Crippen molar-refractivity contribution in [2.24, 2.45) is 0 Å². The summed E-state index contributed by atoms with van der Waals surface area (Å²) in [7, 11) is 3.99. The van der Waals surface area contributed by atoms with E-state index in [0.29, 0.717) is 0 Å². The van der Waals surface area contributed by atoms with Gasteiger partial charge in [-0.1, -0.05) is 6.07 Å². The van der Waals surface area contributed by atoms with Crippen LogP contribution in [-0.2, 0) is 19.0 Å². The Morgan fingerprint density at radius 1 is 0.865 bits per heavy atom. The Morgan fingerprint density at radius 2 is 1.50 bits per heavy atom. The van der Waals surface area contributed by atoms with Crippen LogP contribution < -0.4 is 15.4 Å². The molecular formula is C36H38N2O14. The molecule has 8 N–H and O–H groups in total. The molecule has 16 heteroatoms. The molecule has 276 valence electrons. The van der Waals surface area contributed by atoms with Crippen LogP contribution >= 0.6 is 0 Å². The lowest BCUT2D eigenvalue weighted by atomic mass is 9.74. The predicted molar refractivity (Wildman–Crippen MR) is 178 cm³/mol. The standard InChI is InChI=1S/C36H38N2O14/c1-11-7-18-23(29(43)20(11)34(47)38-12(2)35(48)50-6)22-16(28(42)33(18)52-36-32(46)31(45)25(37-4)13(3)51-36)10-17-24(30(22)44)27(41)15-8-14(49-5)9-19(39)21(15)26(17)40/h7-10,12-13,25,28,31-33,36-37,39,42-46H,1-6H3,(H,38,47)/t12-,13-,25+,28?,31+,32-,33?,36+/m1/s1. The lowest BCUT2D eigenvalue weighted by molar-refractivity contribution is -0.295. The lowest BCUT2D eigenvalue weighted by Gasteiger charge is -2.44. The van der Waals surface area contributed by atoms with Crippen LogP contribution in [-0.4, -0.2) is 112 Å². The van der Waals surface area contributed by atoms with Crippen molar-refractivity contribution in [2.45, 2.75) is 69.7 Å².